The summed E-state index contributed by atoms with van der Waals surface area (Å²) >= 11 is 7.57. The van der Waals surface area contributed by atoms with Crippen LogP contribution >= 0.6 is 22.9 Å². The lowest BCUT2D eigenvalue weighted by atomic mass is 10.3. The molecular formula is C12H17ClN6S. The lowest BCUT2D eigenvalue weighted by Crippen LogP contribution is -2.12. The second kappa shape index (κ2) is 6.81. The van der Waals surface area contributed by atoms with Crippen LogP contribution in [0.4, 0.5) is 11.9 Å². The highest BCUT2D eigenvalue weighted by molar-refractivity contribution is 7.11. The van der Waals surface area contributed by atoms with Crippen molar-refractivity contribution in [2.75, 3.05) is 17.2 Å². The van der Waals surface area contributed by atoms with Crippen molar-refractivity contribution in [1.82, 2.24) is 19.9 Å². The van der Waals surface area contributed by atoms with Gasteiger partial charge >= 0.3 is 0 Å². The van der Waals surface area contributed by atoms with Crippen molar-refractivity contribution < 1.29 is 0 Å². The van der Waals surface area contributed by atoms with Crippen LogP contribution in [0.25, 0.3) is 0 Å². The van der Waals surface area contributed by atoms with Gasteiger partial charge in [0.2, 0.25) is 17.2 Å². The molecule has 0 saturated carbocycles. The predicted molar refractivity (Wildman–Crippen MR) is 82.5 cm³/mol. The van der Waals surface area contributed by atoms with Crippen molar-refractivity contribution in [3.05, 3.63) is 21.4 Å². The van der Waals surface area contributed by atoms with Gasteiger partial charge in [0.15, 0.2) is 0 Å². The minimum Gasteiger partial charge on any atom is -0.354 e. The molecule has 20 heavy (non-hydrogen) atoms. The summed E-state index contributed by atoms with van der Waals surface area (Å²) in [6.45, 7) is 6.82. The number of rotatable bonds is 6. The smallest absolute Gasteiger partial charge is 0.229 e. The number of hydrogen-bond acceptors (Lipinski definition) is 7. The molecule has 2 rings (SSSR count). The van der Waals surface area contributed by atoms with Gasteiger partial charge in [-0.25, -0.2) is 4.98 Å². The first-order valence-corrected chi connectivity index (χ1v) is 7.68. The number of hydrogen-bond donors (Lipinski definition) is 2. The summed E-state index contributed by atoms with van der Waals surface area (Å²) in [4.78, 5) is 18.0. The summed E-state index contributed by atoms with van der Waals surface area (Å²) in [6, 6.07) is 0.0215. The van der Waals surface area contributed by atoms with E-state index in [0.29, 0.717) is 11.9 Å². The maximum absolute atomic E-state index is 5.89. The molecule has 0 saturated heterocycles. The number of aromatic nitrogens is 4. The average Bonchev–Trinajstić information content (AvgIpc) is 2.87. The largest absolute Gasteiger partial charge is 0.354 e. The third-order valence-electron chi connectivity index (χ3n) is 2.58. The monoisotopic (exact) mass is 312 g/mol. The van der Waals surface area contributed by atoms with Gasteiger partial charge in [0.25, 0.3) is 0 Å². The SMILES string of the molecule is CCNc1nc(Cl)nc(NC(C)c2ncc(CC)s2)n1. The molecule has 108 valence electrons. The van der Waals surface area contributed by atoms with Crippen LogP contribution in [0.1, 0.15) is 36.7 Å². The zero-order valence-corrected chi connectivity index (χ0v) is 13.2. The summed E-state index contributed by atoms with van der Waals surface area (Å²) in [5.74, 6) is 0.914. The Bertz CT molecular complexity index is 573. The summed E-state index contributed by atoms with van der Waals surface area (Å²) < 4.78 is 0. The summed E-state index contributed by atoms with van der Waals surface area (Å²) in [5.41, 5.74) is 0. The van der Waals surface area contributed by atoms with Gasteiger partial charge in [-0.1, -0.05) is 6.92 Å². The van der Waals surface area contributed by atoms with E-state index in [0.717, 1.165) is 18.0 Å². The van der Waals surface area contributed by atoms with Crippen LogP contribution in [0.3, 0.4) is 0 Å². The molecule has 0 aromatic carbocycles. The predicted octanol–water partition coefficient (Wildman–Crippen LogP) is 3.15. The van der Waals surface area contributed by atoms with E-state index in [1.54, 1.807) is 11.3 Å². The van der Waals surface area contributed by atoms with Gasteiger partial charge in [0.1, 0.15) is 5.01 Å². The Kier molecular flexibility index (Phi) is 5.08. The molecule has 0 radical (unpaired) electrons. The van der Waals surface area contributed by atoms with Crippen molar-refractivity contribution in [3.8, 4) is 0 Å². The number of aryl methyl sites for hydroxylation is 1. The number of nitrogens with zero attached hydrogens (tertiary/aromatic N) is 4. The molecule has 2 N–H and O–H groups in total. The van der Waals surface area contributed by atoms with Gasteiger partial charge in [-0.3, -0.25) is 0 Å². The van der Waals surface area contributed by atoms with Crippen LogP contribution < -0.4 is 10.6 Å². The Balaban J connectivity index is 2.12. The summed E-state index contributed by atoms with van der Waals surface area (Å²) in [6.07, 6.45) is 2.90. The van der Waals surface area contributed by atoms with E-state index in [1.165, 1.54) is 4.88 Å². The molecule has 2 aromatic rings. The molecule has 2 heterocycles. The molecule has 0 amide bonds. The number of anilines is 2. The van der Waals surface area contributed by atoms with E-state index in [-0.39, 0.29) is 11.3 Å². The standard InChI is InChI=1S/C12H17ClN6S/c1-4-8-6-15-9(20-8)7(3)16-12-18-10(13)17-11(19-12)14-5-2/h6-7H,4-5H2,1-3H3,(H2,14,16,17,18,19). The molecule has 0 spiro atoms. The first-order valence-electron chi connectivity index (χ1n) is 6.49. The van der Waals surface area contributed by atoms with Crippen molar-refractivity contribution in [2.24, 2.45) is 0 Å². The fourth-order valence-corrected chi connectivity index (χ4v) is 2.61. The van der Waals surface area contributed by atoms with Crippen molar-refractivity contribution in [3.63, 3.8) is 0 Å². The van der Waals surface area contributed by atoms with Crippen LogP contribution in [0.5, 0.6) is 0 Å². The highest BCUT2D eigenvalue weighted by Crippen LogP contribution is 2.23. The summed E-state index contributed by atoms with van der Waals surface area (Å²) in [5, 5.41) is 7.38. The van der Waals surface area contributed by atoms with Gasteiger partial charge in [-0.15, -0.1) is 11.3 Å². The Morgan fingerprint density at radius 2 is 2.00 bits per heavy atom. The Morgan fingerprint density at radius 1 is 1.25 bits per heavy atom. The van der Waals surface area contributed by atoms with Gasteiger partial charge < -0.3 is 10.6 Å². The summed E-state index contributed by atoms with van der Waals surface area (Å²) in [7, 11) is 0. The molecule has 6 nitrogen and oxygen atoms in total. The maximum Gasteiger partial charge on any atom is 0.229 e. The number of halogens is 1. The van der Waals surface area contributed by atoms with Crippen LogP contribution in [0.15, 0.2) is 6.20 Å². The second-order valence-electron chi connectivity index (χ2n) is 4.17. The molecule has 8 heteroatoms. The van der Waals surface area contributed by atoms with Crippen LogP contribution in [0, 0.1) is 0 Å². The minimum atomic E-state index is 0.0215. The van der Waals surface area contributed by atoms with Gasteiger partial charge in [-0.05, 0) is 31.9 Å². The maximum atomic E-state index is 5.89. The molecular weight excluding hydrogens is 296 g/mol. The molecule has 0 aliphatic rings. The van der Waals surface area contributed by atoms with Crippen LogP contribution in [0.2, 0.25) is 5.28 Å². The number of thiazole rings is 1. The zero-order chi connectivity index (χ0) is 14.5. The van der Waals surface area contributed by atoms with E-state index in [4.69, 9.17) is 11.6 Å². The molecule has 1 atom stereocenters. The average molecular weight is 313 g/mol. The van der Waals surface area contributed by atoms with Gasteiger partial charge in [-0.2, -0.15) is 15.0 Å². The lowest BCUT2D eigenvalue weighted by molar-refractivity contribution is 0.842. The Morgan fingerprint density at radius 3 is 2.65 bits per heavy atom. The van der Waals surface area contributed by atoms with Crippen LogP contribution in [-0.4, -0.2) is 26.5 Å². The number of nitrogens with one attached hydrogen (secondary N) is 2. The topological polar surface area (TPSA) is 75.6 Å². The highest BCUT2D eigenvalue weighted by Gasteiger charge is 2.12. The van der Waals surface area contributed by atoms with E-state index in [1.807, 2.05) is 20.0 Å². The lowest BCUT2D eigenvalue weighted by Gasteiger charge is -2.12. The van der Waals surface area contributed by atoms with E-state index >= 15 is 0 Å². The third-order valence-corrected chi connectivity index (χ3v) is 4.07. The fraction of sp³-hybridized carbons (Fsp3) is 0.500. The fourth-order valence-electron chi connectivity index (χ4n) is 1.59. The quantitative estimate of drug-likeness (QED) is 0.853. The minimum absolute atomic E-state index is 0.0215. The van der Waals surface area contributed by atoms with Gasteiger partial charge in [0.05, 0.1) is 6.04 Å². The normalized spacial score (nSPS) is 12.2. The van der Waals surface area contributed by atoms with E-state index in [2.05, 4.69) is 37.5 Å². The molecule has 0 aliphatic carbocycles. The molecule has 0 aliphatic heterocycles. The molecule has 2 aromatic heterocycles. The highest BCUT2D eigenvalue weighted by atomic mass is 35.5. The second-order valence-corrected chi connectivity index (χ2v) is 5.65. The van der Waals surface area contributed by atoms with Crippen molar-refractivity contribution in [1.29, 1.82) is 0 Å². The van der Waals surface area contributed by atoms with Gasteiger partial charge in [0, 0.05) is 17.6 Å². The Labute approximate surface area is 127 Å². The van der Waals surface area contributed by atoms with E-state index in [9.17, 15) is 0 Å². The first-order chi connectivity index (χ1) is 9.62. The zero-order valence-electron chi connectivity index (χ0n) is 11.6. The van der Waals surface area contributed by atoms with Crippen LogP contribution in [-0.2, 0) is 6.42 Å². The third kappa shape index (κ3) is 3.77. The molecule has 1 unspecified atom stereocenters. The molecule has 0 fully saturated rings. The molecule has 0 bridgehead atoms. The van der Waals surface area contributed by atoms with E-state index < -0.39 is 0 Å². The Hall–Kier alpha value is -1.47. The van der Waals surface area contributed by atoms with Crippen molar-refractivity contribution >= 4 is 34.8 Å². The first kappa shape index (κ1) is 14.9. The van der Waals surface area contributed by atoms with Crippen molar-refractivity contribution in [2.45, 2.75) is 33.2 Å².